The summed E-state index contributed by atoms with van der Waals surface area (Å²) in [5.41, 5.74) is -0.957. The van der Waals surface area contributed by atoms with Gasteiger partial charge in [0.25, 0.3) is 0 Å². The van der Waals surface area contributed by atoms with Crippen molar-refractivity contribution in [2.75, 3.05) is 31.1 Å². The minimum atomic E-state index is -4.79. The van der Waals surface area contributed by atoms with Crippen LogP contribution >= 0.6 is 11.6 Å². The number of anilines is 1. The first-order valence-corrected chi connectivity index (χ1v) is 10.7. The van der Waals surface area contributed by atoms with E-state index in [9.17, 15) is 30.8 Å². The van der Waals surface area contributed by atoms with Gasteiger partial charge in [-0.1, -0.05) is 17.7 Å². The van der Waals surface area contributed by atoms with Crippen molar-refractivity contribution < 1.29 is 30.8 Å². The highest BCUT2D eigenvalue weighted by Gasteiger charge is 2.36. The molecule has 0 spiro atoms. The molecule has 1 aliphatic rings. The summed E-state index contributed by atoms with van der Waals surface area (Å²) in [5, 5.41) is -0.589. The Balaban J connectivity index is 1.84. The molecule has 162 valence electrons. The lowest BCUT2D eigenvalue weighted by molar-refractivity contribution is -0.137. The lowest BCUT2D eigenvalue weighted by Gasteiger charge is -2.36. The fourth-order valence-electron chi connectivity index (χ4n) is 3.33. The second-order valence-electron chi connectivity index (χ2n) is 6.72. The summed E-state index contributed by atoms with van der Waals surface area (Å²) in [4.78, 5) is 13.0. The van der Waals surface area contributed by atoms with Gasteiger partial charge in [-0.15, -0.1) is 0 Å². The van der Waals surface area contributed by atoms with Crippen LogP contribution < -0.4 is 4.90 Å². The van der Waals surface area contributed by atoms with Gasteiger partial charge in [0, 0.05) is 26.2 Å². The van der Waals surface area contributed by atoms with Crippen molar-refractivity contribution in [2.24, 2.45) is 0 Å². The molecule has 2 aromatic carbocycles. The molecule has 2 aromatic rings. The van der Waals surface area contributed by atoms with E-state index in [4.69, 9.17) is 11.6 Å². The number of alkyl halides is 3. The first-order chi connectivity index (χ1) is 13.9. The van der Waals surface area contributed by atoms with Gasteiger partial charge >= 0.3 is 6.18 Å². The van der Waals surface area contributed by atoms with Crippen LogP contribution in [0.4, 0.5) is 23.2 Å². The molecule has 30 heavy (non-hydrogen) atoms. The van der Waals surface area contributed by atoms with E-state index in [0.717, 1.165) is 16.4 Å². The molecule has 0 unspecified atom stereocenters. The van der Waals surface area contributed by atoms with Gasteiger partial charge in [-0.2, -0.15) is 17.5 Å². The van der Waals surface area contributed by atoms with E-state index in [1.165, 1.54) is 19.1 Å². The molecule has 0 N–H and O–H groups in total. The Morgan fingerprint density at radius 3 is 2.27 bits per heavy atom. The number of hydrogen-bond acceptors (Lipinski definition) is 4. The summed E-state index contributed by atoms with van der Waals surface area (Å²) in [5.74, 6) is -1.13. The Labute approximate surface area is 175 Å². The molecule has 1 aliphatic heterocycles. The van der Waals surface area contributed by atoms with Crippen LogP contribution in [0.5, 0.6) is 0 Å². The lowest BCUT2D eigenvalue weighted by atomic mass is 10.1. The molecule has 0 saturated carbocycles. The summed E-state index contributed by atoms with van der Waals surface area (Å²) in [6, 6.07) is 6.63. The topological polar surface area (TPSA) is 57.7 Å². The van der Waals surface area contributed by atoms with Crippen molar-refractivity contribution in [3.8, 4) is 0 Å². The summed E-state index contributed by atoms with van der Waals surface area (Å²) >= 11 is 5.56. The first kappa shape index (κ1) is 22.5. The van der Waals surface area contributed by atoms with Gasteiger partial charge in [0.05, 0.1) is 26.7 Å². The largest absolute Gasteiger partial charge is 0.417 e. The van der Waals surface area contributed by atoms with Crippen molar-refractivity contribution in [3.63, 3.8) is 0 Å². The van der Waals surface area contributed by atoms with Gasteiger partial charge in [-0.3, -0.25) is 4.79 Å². The molecule has 1 heterocycles. The Morgan fingerprint density at radius 2 is 1.70 bits per heavy atom. The normalized spacial score (nSPS) is 16.0. The Hall–Kier alpha value is -2.17. The van der Waals surface area contributed by atoms with Gasteiger partial charge in [0.2, 0.25) is 10.0 Å². The van der Waals surface area contributed by atoms with Crippen LogP contribution in [0.15, 0.2) is 41.3 Å². The molecule has 1 saturated heterocycles. The molecular formula is C19H17ClF4N2O3S. The number of halogens is 5. The number of rotatable bonds is 4. The second-order valence-corrected chi connectivity index (χ2v) is 9.07. The minimum Gasteiger partial charge on any atom is -0.368 e. The Bertz CT molecular complexity index is 1080. The standard InChI is InChI=1S/C19H17ClF4N2O3S/c1-12(27)18-16(21)3-2-4-17(18)25-7-9-26(10-8-25)30(28,29)13-5-6-15(20)14(11-13)19(22,23)24/h2-6,11H,7-10H2,1H3. The summed E-state index contributed by atoms with van der Waals surface area (Å²) in [6.07, 6.45) is -4.79. The van der Waals surface area contributed by atoms with E-state index in [0.29, 0.717) is 11.8 Å². The predicted molar refractivity (Wildman–Crippen MR) is 104 cm³/mol. The zero-order chi connectivity index (χ0) is 22.3. The zero-order valence-electron chi connectivity index (χ0n) is 15.7. The van der Waals surface area contributed by atoms with Crippen LogP contribution in [0.1, 0.15) is 22.8 Å². The average Bonchev–Trinajstić information content (AvgIpc) is 2.67. The molecule has 11 heteroatoms. The molecule has 3 rings (SSSR count). The Morgan fingerprint density at radius 1 is 1.07 bits per heavy atom. The molecule has 0 radical (unpaired) electrons. The molecule has 1 fully saturated rings. The minimum absolute atomic E-state index is 0.0415. The van der Waals surface area contributed by atoms with Crippen LogP contribution in [0.25, 0.3) is 0 Å². The van der Waals surface area contributed by atoms with E-state index in [1.807, 2.05) is 0 Å². The van der Waals surface area contributed by atoms with Crippen LogP contribution in [0, 0.1) is 5.82 Å². The van der Waals surface area contributed by atoms with E-state index in [2.05, 4.69) is 0 Å². The Kier molecular flexibility index (Phi) is 6.13. The van der Waals surface area contributed by atoms with Crippen molar-refractivity contribution in [1.29, 1.82) is 0 Å². The van der Waals surface area contributed by atoms with Gasteiger partial charge in [0.15, 0.2) is 5.78 Å². The van der Waals surface area contributed by atoms with E-state index >= 15 is 0 Å². The number of Topliss-reactive ketones (excluding diaryl/α,β-unsaturated/α-hetero) is 1. The highest BCUT2D eigenvalue weighted by atomic mass is 35.5. The maximum absolute atomic E-state index is 14.1. The lowest BCUT2D eigenvalue weighted by Crippen LogP contribution is -2.49. The van der Waals surface area contributed by atoms with Crippen LogP contribution in [-0.2, 0) is 16.2 Å². The summed E-state index contributed by atoms with van der Waals surface area (Å²) < 4.78 is 80.0. The molecule has 0 aliphatic carbocycles. The van der Waals surface area contributed by atoms with Gasteiger partial charge in [-0.25, -0.2) is 12.8 Å². The monoisotopic (exact) mass is 464 g/mol. The molecule has 5 nitrogen and oxygen atoms in total. The number of carbonyl (C=O) groups is 1. The average molecular weight is 465 g/mol. The van der Waals surface area contributed by atoms with Crippen LogP contribution in [0.3, 0.4) is 0 Å². The first-order valence-electron chi connectivity index (χ1n) is 8.84. The molecule has 0 atom stereocenters. The van der Waals surface area contributed by atoms with Gasteiger partial charge < -0.3 is 4.90 Å². The van der Waals surface area contributed by atoms with Gasteiger partial charge in [-0.05, 0) is 37.3 Å². The number of nitrogens with zero attached hydrogens (tertiary/aromatic N) is 2. The van der Waals surface area contributed by atoms with Crippen molar-refractivity contribution in [3.05, 3.63) is 58.4 Å². The molecule has 0 bridgehead atoms. The molecule has 0 amide bonds. The maximum atomic E-state index is 14.1. The van der Waals surface area contributed by atoms with Gasteiger partial charge in [0.1, 0.15) is 5.82 Å². The zero-order valence-corrected chi connectivity index (χ0v) is 17.3. The fraction of sp³-hybridized carbons (Fsp3) is 0.316. The van der Waals surface area contributed by atoms with Crippen molar-refractivity contribution in [1.82, 2.24) is 4.31 Å². The number of hydrogen-bond donors (Lipinski definition) is 0. The maximum Gasteiger partial charge on any atom is 0.417 e. The fourth-order valence-corrected chi connectivity index (χ4v) is 5.00. The summed E-state index contributed by atoms with van der Waals surface area (Å²) in [6.45, 7) is 1.44. The number of piperazine rings is 1. The molecular weight excluding hydrogens is 448 g/mol. The third-order valence-corrected chi connectivity index (χ3v) is 7.03. The van der Waals surface area contributed by atoms with Crippen LogP contribution in [0.2, 0.25) is 5.02 Å². The van der Waals surface area contributed by atoms with E-state index < -0.39 is 43.3 Å². The van der Waals surface area contributed by atoms with E-state index in [-0.39, 0.29) is 31.7 Å². The number of ketones is 1. The summed E-state index contributed by atoms with van der Waals surface area (Å²) in [7, 11) is -4.19. The van der Waals surface area contributed by atoms with Crippen LogP contribution in [-0.4, -0.2) is 44.7 Å². The van der Waals surface area contributed by atoms with Crippen molar-refractivity contribution >= 4 is 33.1 Å². The second kappa shape index (κ2) is 8.16. The third-order valence-electron chi connectivity index (χ3n) is 4.80. The highest BCUT2D eigenvalue weighted by molar-refractivity contribution is 7.89. The SMILES string of the molecule is CC(=O)c1c(F)cccc1N1CCN(S(=O)(=O)c2ccc(Cl)c(C(F)(F)F)c2)CC1. The van der Waals surface area contributed by atoms with E-state index in [1.54, 1.807) is 11.0 Å². The number of sulfonamides is 1. The highest BCUT2D eigenvalue weighted by Crippen LogP contribution is 2.36. The quantitative estimate of drug-likeness (QED) is 0.502. The third kappa shape index (κ3) is 4.30. The molecule has 0 aromatic heterocycles. The van der Waals surface area contributed by atoms with Crippen molar-refractivity contribution in [2.45, 2.75) is 18.0 Å². The number of carbonyl (C=O) groups excluding carboxylic acids is 1. The number of benzene rings is 2. The smallest absolute Gasteiger partial charge is 0.368 e. The predicted octanol–water partition coefficient (Wildman–Crippen LogP) is 4.21.